The Hall–Kier alpha value is -2.28. The molecule has 0 aromatic carbocycles. The van der Waals surface area contributed by atoms with Crippen LogP contribution in [0.5, 0.6) is 0 Å². The molecule has 9 heteroatoms. The number of nitrogens with zero attached hydrogens (tertiary/aromatic N) is 3. The summed E-state index contributed by atoms with van der Waals surface area (Å²) in [5.41, 5.74) is 0.134. The summed E-state index contributed by atoms with van der Waals surface area (Å²) in [6.07, 6.45) is 1.14. The van der Waals surface area contributed by atoms with Crippen molar-refractivity contribution in [1.29, 1.82) is 5.26 Å². The zero-order valence-electron chi connectivity index (χ0n) is 11.8. The molecule has 23 heavy (non-hydrogen) atoms. The van der Waals surface area contributed by atoms with Gasteiger partial charge in [-0.1, -0.05) is 6.07 Å². The standard InChI is InChI=1S/C14H12N4O3S2/c15-8-10-3-4-11(9-17-10)23(20,21)18-6-5-16-14(19)13(18)12-2-1-7-22-12/h1-4,7,9,13H,5-6H2,(H,16,19). The minimum atomic E-state index is -3.89. The third-order valence-corrected chi connectivity index (χ3v) is 6.21. The second-order valence-corrected chi connectivity index (χ2v) is 7.69. The van der Waals surface area contributed by atoms with Gasteiger partial charge in [0.15, 0.2) is 0 Å². The fourth-order valence-electron chi connectivity index (χ4n) is 2.36. The molecule has 2 aromatic heterocycles. The SMILES string of the molecule is N#Cc1ccc(S(=O)(=O)N2CCNC(=O)C2c2cccs2)cn1. The Morgan fingerprint density at radius 1 is 1.39 bits per heavy atom. The number of nitriles is 1. The first kappa shape index (κ1) is 15.6. The number of carbonyl (C=O) groups is 1. The molecule has 0 saturated carbocycles. The van der Waals surface area contributed by atoms with Crippen molar-refractivity contribution in [2.45, 2.75) is 10.9 Å². The Bertz CT molecular complexity index is 854. The molecule has 3 heterocycles. The van der Waals surface area contributed by atoms with Crippen molar-refractivity contribution in [2.24, 2.45) is 0 Å². The van der Waals surface area contributed by atoms with Gasteiger partial charge in [0.1, 0.15) is 22.7 Å². The van der Waals surface area contributed by atoms with Crippen LogP contribution in [0.3, 0.4) is 0 Å². The smallest absolute Gasteiger partial charge is 0.245 e. The van der Waals surface area contributed by atoms with E-state index in [4.69, 9.17) is 5.26 Å². The number of carbonyl (C=O) groups excluding carboxylic acids is 1. The number of sulfonamides is 1. The van der Waals surface area contributed by atoms with Crippen LogP contribution in [0.4, 0.5) is 0 Å². The lowest BCUT2D eigenvalue weighted by atomic mass is 10.2. The van der Waals surface area contributed by atoms with E-state index in [0.29, 0.717) is 4.88 Å². The van der Waals surface area contributed by atoms with Crippen molar-refractivity contribution >= 4 is 27.3 Å². The highest BCUT2D eigenvalue weighted by atomic mass is 32.2. The summed E-state index contributed by atoms with van der Waals surface area (Å²) in [4.78, 5) is 16.6. The third kappa shape index (κ3) is 2.84. The molecule has 0 spiro atoms. The number of aromatic nitrogens is 1. The van der Waals surface area contributed by atoms with Gasteiger partial charge in [-0.25, -0.2) is 13.4 Å². The predicted molar refractivity (Wildman–Crippen MR) is 82.9 cm³/mol. The lowest BCUT2D eigenvalue weighted by Gasteiger charge is -2.33. The third-order valence-electron chi connectivity index (χ3n) is 3.44. The van der Waals surface area contributed by atoms with Crippen LogP contribution < -0.4 is 5.32 Å². The average Bonchev–Trinajstić information content (AvgIpc) is 3.08. The molecule has 1 saturated heterocycles. The highest BCUT2D eigenvalue weighted by molar-refractivity contribution is 7.89. The van der Waals surface area contributed by atoms with Gasteiger partial charge in [0.05, 0.1) is 0 Å². The number of piperazine rings is 1. The van der Waals surface area contributed by atoms with Gasteiger partial charge in [-0.2, -0.15) is 9.57 Å². The molecule has 2 aromatic rings. The minimum Gasteiger partial charge on any atom is -0.353 e. The molecule has 3 rings (SSSR count). The van der Waals surface area contributed by atoms with E-state index in [2.05, 4.69) is 10.3 Å². The van der Waals surface area contributed by atoms with Crippen molar-refractivity contribution in [1.82, 2.24) is 14.6 Å². The van der Waals surface area contributed by atoms with E-state index in [1.807, 2.05) is 6.07 Å². The normalized spacial score (nSPS) is 19.1. The van der Waals surface area contributed by atoms with Crippen LogP contribution in [-0.2, 0) is 14.8 Å². The highest BCUT2D eigenvalue weighted by Gasteiger charge is 2.40. The summed E-state index contributed by atoms with van der Waals surface area (Å²) in [7, 11) is -3.89. The van der Waals surface area contributed by atoms with Gasteiger partial charge in [0.2, 0.25) is 15.9 Å². The first-order valence-corrected chi connectivity index (χ1v) is 9.05. The van der Waals surface area contributed by atoms with Gasteiger partial charge in [0, 0.05) is 24.2 Å². The van der Waals surface area contributed by atoms with E-state index >= 15 is 0 Å². The van der Waals surface area contributed by atoms with Crippen molar-refractivity contribution < 1.29 is 13.2 Å². The van der Waals surface area contributed by atoms with Crippen LogP contribution in [0.15, 0.2) is 40.7 Å². The van der Waals surface area contributed by atoms with Crippen molar-refractivity contribution in [2.75, 3.05) is 13.1 Å². The molecular weight excluding hydrogens is 336 g/mol. The molecule has 1 aliphatic heterocycles. The zero-order chi connectivity index (χ0) is 16.4. The van der Waals surface area contributed by atoms with Crippen LogP contribution >= 0.6 is 11.3 Å². The molecule has 1 unspecified atom stereocenters. The Balaban J connectivity index is 2.02. The molecule has 1 fully saturated rings. The lowest BCUT2D eigenvalue weighted by Crippen LogP contribution is -2.51. The Morgan fingerprint density at radius 3 is 2.83 bits per heavy atom. The maximum atomic E-state index is 12.9. The molecule has 1 aliphatic rings. The number of hydrogen-bond acceptors (Lipinski definition) is 6. The van der Waals surface area contributed by atoms with E-state index in [1.54, 1.807) is 17.5 Å². The molecule has 0 radical (unpaired) electrons. The van der Waals surface area contributed by atoms with Gasteiger partial charge >= 0.3 is 0 Å². The summed E-state index contributed by atoms with van der Waals surface area (Å²) in [5, 5.41) is 13.2. The van der Waals surface area contributed by atoms with E-state index < -0.39 is 16.1 Å². The second kappa shape index (κ2) is 6.08. The molecule has 7 nitrogen and oxygen atoms in total. The molecule has 1 N–H and O–H groups in total. The minimum absolute atomic E-state index is 0.0345. The van der Waals surface area contributed by atoms with E-state index in [9.17, 15) is 13.2 Å². The molecule has 118 valence electrons. The first-order valence-electron chi connectivity index (χ1n) is 6.73. The Labute approximate surface area is 137 Å². The number of thiophene rings is 1. The summed E-state index contributed by atoms with van der Waals surface area (Å²) < 4.78 is 26.9. The van der Waals surface area contributed by atoms with E-state index in [-0.39, 0.29) is 29.6 Å². The monoisotopic (exact) mass is 348 g/mol. The van der Waals surface area contributed by atoms with Gasteiger partial charge in [-0.3, -0.25) is 4.79 Å². The summed E-state index contributed by atoms with van der Waals surface area (Å²) >= 11 is 1.33. The maximum absolute atomic E-state index is 12.9. The van der Waals surface area contributed by atoms with Crippen LogP contribution in [-0.4, -0.2) is 36.7 Å². The van der Waals surface area contributed by atoms with E-state index in [1.165, 1.54) is 27.8 Å². The first-order chi connectivity index (χ1) is 11.0. The highest BCUT2D eigenvalue weighted by Crippen LogP contribution is 2.31. The number of pyridine rings is 1. The molecule has 1 amide bonds. The van der Waals surface area contributed by atoms with Gasteiger partial charge in [0.25, 0.3) is 0 Å². The number of rotatable bonds is 3. The van der Waals surface area contributed by atoms with Crippen LogP contribution in [0.25, 0.3) is 0 Å². The fourth-order valence-corrected chi connectivity index (χ4v) is 4.77. The molecular formula is C14H12N4O3S2. The van der Waals surface area contributed by atoms with Gasteiger partial charge < -0.3 is 5.32 Å². The quantitative estimate of drug-likeness (QED) is 0.887. The number of nitrogens with one attached hydrogen (secondary N) is 1. The molecule has 0 aliphatic carbocycles. The number of hydrogen-bond donors (Lipinski definition) is 1. The Morgan fingerprint density at radius 2 is 2.22 bits per heavy atom. The summed E-state index contributed by atoms with van der Waals surface area (Å²) in [6, 6.07) is 7.14. The maximum Gasteiger partial charge on any atom is 0.245 e. The van der Waals surface area contributed by atoms with E-state index in [0.717, 1.165) is 6.20 Å². The summed E-state index contributed by atoms with van der Waals surface area (Å²) in [6.45, 7) is 0.431. The Kier molecular flexibility index (Phi) is 4.12. The molecule has 0 bridgehead atoms. The van der Waals surface area contributed by atoms with Crippen LogP contribution in [0.1, 0.15) is 16.6 Å². The lowest BCUT2D eigenvalue weighted by molar-refractivity contribution is -0.126. The van der Waals surface area contributed by atoms with Crippen molar-refractivity contribution in [3.05, 3.63) is 46.4 Å². The van der Waals surface area contributed by atoms with Crippen molar-refractivity contribution in [3.8, 4) is 6.07 Å². The molecule has 1 atom stereocenters. The zero-order valence-corrected chi connectivity index (χ0v) is 13.5. The van der Waals surface area contributed by atoms with Gasteiger partial charge in [-0.15, -0.1) is 11.3 Å². The fraction of sp³-hybridized carbons (Fsp3) is 0.214. The van der Waals surface area contributed by atoms with Crippen LogP contribution in [0.2, 0.25) is 0 Å². The van der Waals surface area contributed by atoms with Crippen molar-refractivity contribution in [3.63, 3.8) is 0 Å². The average molecular weight is 348 g/mol. The number of amides is 1. The topological polar surface area (TPSA) is 103 Å². The second-order valence-electron chi connectivity index (χ2n) is 4.82. The van der Waals surface area contributed by atoms with Gasteiger partial charge in [-0.05, 0) is 23.6 Å². The largest absolute Gasteiger partial charge is 0.353 e. The predicted octanol–water partition coefficient (Wildman–Crippen LogP) is 0.877. The van der Waals surface area contributed by atoms with Crippen LogP contribution in [0, 0.1) is 11.3 Å². The summed E-state index contributed by atoms with van der Waals surface area (Å²) in [5.74, 6) is -0.344.